The number of carboxylic acids is 1. The van der Waals surface area contributed by atoms with Crippen molar-refractivity contribution in [1.82, 2.24) is 62.8 Å². The molecule has 26 nitrogen and oxygen atoms in total. The summed E-state index contributed by atoms with van der Waals surface area (Å²) in [7, 11) is 0. The third-order valence-corrected chi connectivity index (χ3v) is 12.4. The van der Waals surface area contributed by atoms with Crippen molar-refractivity contribution in [2.45, 2.75) is 120 Å². The number of nitrogens with zero attached hydrogens (tertiary/aromatic N) is 2. The number of aliphatic imine (C=N–C) groups is 1. The number of amides is 7. The van der Waals surface area contributed by atoms with Gasteiger partial charge in [0.25, 0.3) is 0 Å². The summed E-state index contributed by atoms with van der Waals surface area (Å²) in [6.45, 7) is 4.19. The van der Waals surface area contributed by atoms with E-state index in [0.717, 1.165) is 17.3 Å². The summed E-state index contributed by atoms with van der Waals surface area (Å²) in [6.07, 6.45) is 5.03. The molecule has 7 amide bonds. The highest BCUT2D eigenvalue weighted by Crippen LogP contribution is 2.20. The molecule has 20 N–H and O–H groups in total. The number of aromatic nitrogens is 3. The third kappa shape index (κ3) is 21.9. The number of hydrogen-bond acceptors (Lipinski definition) is 15. The molecule has 0 radical (unpaired) electrons. The maximum Gasteiger partial charge on any atom is 0.305 e. The number of carbonyl (C=O) groups excluding carboxylic acids is 7. The van der Waals surface area contributed by atoms with Gasteiger partial charge in [-0.25, -0.2) is 4.98 Å². The van der Waals surface area contributed by atoms with Gasteiger partial charge in [-0.05, 0) is 69.3 Å². The molecule has 0 saturated heterocycles. The molecule has 420 valence electrons. The van der Waals surface area contributed by atoms with E-state index >= 15 is 0 Å². The summed E-state index contributed by atoms with van der Waals surface area (Å²) in [6, 6.07) is 7.68. The fourth-order valence-corrected chi connectivity index (χ4v) is 8.24. The fourth-order valence-electron chi connectivity index (χ4n) is 7.98. The Morgan fingerprint density at radius 2 is 1.26 bits per heavy atom. The maximum absolute atomic E-state index is 14.6. The van der Waals surface area contributed by atoms with Crippen LogP contribution in [0, 0.1) is 0 Å². The lowest BCUT2D eigenvalue weighted by Gasteiger charge is -2.27. The Hall–Kier alpha value is -7.59. The predicted octanol–water partition coefficient (Wildman–Crippen LogP) is -2.64. The lowest BCUT2D eigenvalue weighted by Crippen LogP contribution is -2.60. The van der Waals surface area contributed by atoms with Gasteiger partial charge in [0.2, 0.25) is 41.4 Å². The Labute approximate surface area is 451 Å². The van der Waals surface area contributed by atoms with Crippen LogP contribution >= 0.6 is 12.6 Å². The van der Waals surface area contributed by atoms with Crippen LogP contribution in [0.5, 0.6) is 0 Å². The smallest absolute Gasteiger partial charge is 0.305 e. The van der Waals surface area contributed by atoms with Crippen LogP contribution in [-0.2, 0) is 57.6 Å². The number of para-hydroxylation sites is 1. The van der Waals surface area contributed by atoms with Crippen LogP contribution in [0.4, 0.5) is 0 Å². The Morgan fingerprint density at radius 1 is 0.662 bits per heavy atom. The van der Waals surface area contributed by atoms with E-state index in [0.29, 0.717) is 42.8 Å². The van der Waals surface area contributed by atoms with E-state index in [-0.39, 0.29) is 63.3 Å². The van der Waals surface area contributed by atoms with Crippen molar-refractivity contribution >= 4 is 76.8 Å². The number of aliphatic carboxylic acids is 1. The van der Waals surface area contributed by atoms with Crippen molar-refractivity contribution in [3.8, 4) is 0 Å². The number of benzene rings is 2. The van der Waals surface area contributed by atoms with Crippen molar-refractivity contribution in [2.24, 2.45) is 27.9 Å². The van der Waals surface area contributed by atoms with Crippen molar-refractivity contribution in [1.29, 1.82) is 0 Å². The predicted molar refractivity (Wildman–Crippen MR) is 292 cm³/mol. The lowest BCUT2D eigenvalue weighted by atomic mass is 10.0. The quantitative estimate of drug-likeness (QED) is 0.00736. The first kappa shape index (κ1) is 62.0. The minimum absolute atomic E-state index is 0.0174. The highest BCUT2D eigenvalue weighted by atomic mass is 32.1. The number of hydrogen-bond donors (Lipinski definition) is 17. The van der Waals surface area contributed by atoms with Crippen LogP contribution in [0.3, 0.4) is 0 Å². The van der Waals surface area contributed by atoms with E-state index in [9.17, 15) is 43.5 Å². The molecule has 0 aliphatic rings. The number of nitrogens with two attached hydrogens (primary N) is 4. The van der Waals surface area contributed by atoms with Crippen LogP contribution < -0.4 is 70.8 Å². The van der Waals surface area contributed by atoms with Gasteiger partial charge >= 0.3 is 5.97 Å². The zero-order valence-corrected chi connectivity index (χ0v) is 44.2. The molecule has 7 unspecified atom stereocenters. The van der Waals surface area contributed by atoms with E-state index in [2.05, 4.69) is 80.4 Å². The number of imidazole rings is 1. The molecule has 2 aromatic carbocycles. The second-order valence-corrected chi connectivity index (χ2v) is 18.6. The van der Waals surface area contributed by atoms with Gasteiger partial charge in [-0.3, -0.25) is 48.7 Å². The van der Waals surface area contributed by atoms with E-state index in [1.54, 1.807) is 36.5 Å². The number of aromatic amines is 2. The van der Waals surface area contributed by atoms with Crippen molar-refractivity contribution in [2.75, 3.05) is 31.9 Å². The minimum Gasteiger partial charge on any atom is -0.481 e. The van der Waals surface area contributed by atoms with Gasteiger partial charge in [-0.2, -0.15) is 12.6 Å². The second-order valence-electron chi connectivity index (χ2n) is 18.3. The third-order valence-electron chi connectivity index (χ3n) is 12.1. The number of carbonyl (C=O) groups is 8. The summed E-state index contributed by atoms with van der Waals surface area (Å²) in [5.41, 5.74) is 24.8. The number of guanidine groups is 1. The molecular formula is C50H75N17O9S. The van der Waals surface area contributed by atoms with Crippen LogP contribution in [0.25, 0.3) is 10.9 Å². The second kappa shape index (κ2) is 32.8. The van der Waals surface area contributed by atoms with E-state index in [1.807, 2.05) is 31.2 Å². The van der Waals surface area contributed by atoms with Crippen LogP contribution in [0.1, 0.15) is 69.2 Å². The van der Waals surface area contributed by atoms with Crippen molar-refractivity contribution < 1.29 is 43.5 Å². The topological polar surface area (TPSA) is 426 Å². The van der Waals surface area contributed by atoms with Crippen molar-refractivity contribution in [3.63, 3.8) is 0 Å². The molecule has 2 aromatic heterocycles. The molecular weight excluding hydrogens is 1010 g/mol. The van der Waals surface area contributed by atoms with Crippen LogP contribution in [0.2, 0.25) is 0 Å². The first-order chi connectivity index (χ1) is 36.9. The molecule has 77 heavy (non-hydrogen) atoms. The molecule has 27 heteroatoms. The summed E-state index contributed by atoms with van der Waals surface area (Å²) >= 11 is 4.29. The standard InChI is InChI=1S/C50H75N17O9S/c1-3-18-56-35(15-9-19-58-49(51)52)44(72)67-40(27-77)48(76)62-29(2)42(70)64-39(24-32-26-55-28-61-32)47(75)65-37(22-30-11-5-4-6-12-30)46(74)63-36(16-10-20-59-50(53)54)45(73)66-38(43(71)57-21-17-41(68)69)23-31-25-60-34-14-8-7-13-33(31)34/h4-8,11-14,25-26,28-29,35-40,49,56,58,60,77H,3,9-10,15-24,27,51-52H2,1-2H3,(H,55,61)(H,57,71)(H,62,76)(H,63,74)(H,64,70)(H,65,75)(H,66,73)(H,67,72)(H,68,69)(H4,53,54,59). The number of thiol groups is 1. The van der Waals surface area contributed by atoms with E-state index in [4.69, 9.17) is 22.9 Å². The van der Waals surface area contributed by atoms with Gasteiger partial charge in [-0.1, -0.05) is 55.5 Å². The van der Waals surface area contributed by atoms with Gasteiger partial charge in [0.1, 0.15) is 42.5 Å². The number of nitrogens with one attached hydrogen (secondary N) is 11. The summed E-state index contributed by atoms with van der Waals surface area (Å²) in [4.78, 5) is 123. The zero-order valence-electron chi connectivity index (χ0n) is 43.3. The SMILES string of the molecule is CCCNC(CCCNC(N)N)C(=O)NC(CS)C(=O)NC(C)C(=O)NC(Cc1cnc[nH]1)C(=O)NC(Cc1ccccc1)C(=O)NC(CCCN=C(N)N)C(=O)NC(Cc1c[nH]c2ccccc12)C(=O)NCCC(=O)O. The minimum atomic E-state index is -1.37. The van der Waals surface area contributed by atoms with Gasteiger partial charge < -0.3 is 80.5 Å². The molecule has 0 aliphatic carbocycles. The van der Waals surface area contributed by atoms with Crippen LogP contribution in [0.15, 0.2) is 78.3 Å². The van der Waals surface area contributed by atoms with Crippen molar-refractivity contribution in [3.05, 3.63) is 90.1 Å². The number of H-pyrrole nitrogens is 2. The molecule has 0 fully saturated rings. The van der Waals surface area contributed by atoms with Gasteiger partial charge in [0.15, 0.2) is 5.96 Å². The fraction of sp³-hybridized carbons (Fsp3) is 0.480. The zero-order chi connectivity index (χ0) is 56.3. The molecule has 4 rings (SSSR count). The largest absolute Gasteiger partial charge is 0.481 e. The summed E-state index contributed by atoms with van der Waals surface area (Å²) in [5, 5.41) is 34.9. The Kier molecular flexibility index (Phi) is 26.4. The normalized spacial score (nSPS) is 13.9. The van der Waals surface area contributed by atoms with Gasteiger partial charge in [-0.15, -0.1) is 0 Å². The highest BCUT2D eigenvalue weighted by molar-refractivity contribution is 7.80. The lowest BCUT2D eigenvalue weighted by molar-refractivity contribution is -0.137. The highest BCUT2D eigenvalue weighted by Gasteiger charge is 2.34. The Balaban J connectivity index is 1.56. The Bertz CT molecular complexity index is 2560. The average molecular weight is 1090 g/mol. The Morgan fingerprint density at radius 3 is 1.91 bits per heavy atom. The first-order valence-corrected chi connectivity index (χ1v) is 26.0. The molecule has 0 aliphatic heterocycles. The molecule has 0 bridgehead atoms. The average Bonchev–Trinajstić information content (AvgIpc) is 4.08. The number of rotatable bonds is 35. The van der Waals surface area contributed by atoms with Gasteiger partial charge in [0.05, 0.1) is 18.8 Å². The molecule has 2 heterocycles. The summed E-state index contributed by atoms with van der Waals surface area (Å²) in [5.74, 6) is -6.47. The van der Waals surface area contributed by atoms with Gasteiger partial charge in [0, 0.05) is 67.1 Å². The molecule has 0 spiro atoms. The van der Waals surface area contributed by atoms with E-state index in [1.165, 1.54) is 19.4 Å². The maximum atomic E-state index is 14.6. The molecule has 4 aromatic rings. The molecule has 0 saturated carbocycles. The number of fused-ring (bicyclic) bond motifs is 1. The van der Waals surface area contributed by atoms with Crippen LogP contribution in [-0.4, -0.2) is 154 Å². The van der Waals surface area contributed by atoms with E-state index < -0.39 is 95.9 Å². The molecule has 7 atom stereocenters. The number of carboxylic acid groups (broad SMARTS) is 1. The summed E-state index contributed by atoms with van der Waals surface area (Å²) < 4.78 is 0. The first-order valence-electron chi connectivity index (χ1n) is 25.4. The monoisotopic (exact) mass is 1090 g/mol.